The molecule has 0 aliphatic rings. The highest BCUT2D eigenvalue weighted by Crippen LogP contribution is 2.10. The fourth-order valence-corrected chi connectivity index (χ4v) is 6.21. The van der Waals surface area contributed by atoms with Gasteiger partial charge < -0.3 is 75.9 Å². The summed E-state index contributed by atoms with van der Waals surface area (Å²) in [5.74, 6) is -7.74. The van der Waals surface area contributed by atoms with E-state index in [0.29, 0.717) is 30.5 Å². The van der Waals surface area contributed by atoms with E-state index >= 15 is 0 Å². The van der Waals surface area contributed by atoms with E-state index in [0.717, 1.165) is 0 Å². The van der Waals surface area contributed by atoms with Crippen molar-refractivity contribution in [3.63, 3.8) is 0 Å². The second-order valence-corrected chi connectivity index (χ2v) is 15.3. The fraction of sp³-hybridized carbons (Fsp3) is 0.512. The zero-order chi connectivity index (χ0) is 47.8. The Morgan fingerprint density at radius 3 is 1.44 bits per heavy atom. The molecule has 23 heteroatoms. The number of carboxylic acids is 1. The molecule has 0 aromatic heterocycles. The number of aliphatic hydroxyl groups excluding tert-OH is 2. The summed E-state index contributed by atoms with van der Waals surface area (Å²) in [4.78, 5) is 105. The van der Waals surface area contributed by atoms with Gasteiger partial charge >= 0.3 is 5.97 Å². The van der Waals surface area contributed by atoms with Gasteiger partial charge in [-0.3, -0.25) is 38.9 Å². The molecule has 2 rings (SSSR count). The highest BCUT2D eigenvalue weighted by molar-refractivity contribution is 5.97. The van der Waals surface area contributed by atoms with Gasteiger partial charge in [-0.05, 0) is 56.7 Å². The number of aliphatic carboxylic acids is 1. The molecule has 0 spiro atoms. The van der Waals surface area contributed by atoms with Crippen molar-refractivity contribution in [3.05, 3.63) is 71.8 Å². The number of primary amides is 1. The normalized spacial score (nSPS) is 14.9. The van der Waals surface area contributed by atoms with E-state index in [9.17, 15) is 53.7 Å². The molecule has 64 heavy (non-hydrogen) atoms. The molecule has 0 aliphatic carbocycles. The molecule has 354 valence electrons. The van der Waals surface area contributed by atoms with Crippen molar-refractivity contribution in [1.29, 1.82) is 0 Å². The predicted octanol–water partition coefficient (Wildman–Crippen LogP) is -6.69. The molecular weight excluding hydrogens is 837 g/mol. The van der Waals surface area contributed by atoms with Crippen LogP contribution in [-0.2, 0) is 51.2 Å². The smallest absolute Gasteiger partial charge is 0.326 e. The van der Waals surface area contributed by atoms with Gasteiger partial charge in [0.2, 0.25) is 35.4 Å². The summed E-state index contributed by atoms with van der Waals surface area (Å²) in [6.07, 6.45) is -1.68. The molecule has 0 saturated carbocycles. The molecule has 0 bridgehead atoms. The molecule has 7 amide bonds. The molecule has 8 atom stereocenters. The highest BCUT2D eigenvalue weighted by atomic mass is 16.4. The van der Waals surface area contributed by atoms with Crippen LogP contribution < -0.4 is 65.9 Å². The molecule has 0 fully saturated rings. The van der Waals surface area contributed by atoms with Crippen LogP contribution in [0.4, 0.5) is 0 Å². The zero-order valence-electron chi connectivity index (χ0n) is 36.0. The Hall–Kier alpha value is -6.08. The quantitative estimate of drug-likeness (QED) is 0.0256. The standard InChI is InChI=1S/C41H64N12O11/c1-23(55)33(44)39(62)49-27(16-10-18-47-41(45)46)35(58)53-31(22-54)38(61)48-26(15-8-9-17-42)34(57)50-28(19-24-11-4-2-5-12-24)36(59)51-29(20-25-13-6-3-7-14-25)37(60)52-30(40(63)64)21-32(43)56/h2-7,11-14,23,26-31,33,41,47,54-55H,8-10,15-22,42,44-46H2,1H3,(H2,43,56)(H,48,61)(H,49,62)(H,50,57)(H,51,59)(H,52,60)(H,53,58)(H,63,64)/p+2/t23-,26+,27+,28+,29+,30+,31+,33+/m1/s1. The third kappa shape index (κ3) is 20.0. The first kappa shape index (κ1) is 54.1. The maximum Gasteiger partial charge on any atom is 0.326 e. The van der Waals surface area contributed by atoms with Gasteiger partial charge in [-0.15, -0.1) is 0 Å². The van der Waals surface area contributed by atoms with Crippen LogP contribution in [0.1, 0.15) is 56.6 Å². The SMILES string of the molecule is C[C@@H](O)[C@H]([NH3+])C(=O)N[C@@H](CCCNC(N)N)C(=O)N[C@@H](CO)C(=O)N[C@@H](CCCC[NH3+])C(=O)N[C@@H](Cc1ccccc1)C(=O)N[C@@H](Cc1ccccc1)C(=O)N[C@@H](CC(N)=O)C(=O)O. The van der Waals surface area contributed by atoms with Gasteiger partial charge in [-0.1, -0.05) is 60.7 Å². The van der Waals surface area contributed by atoms with Crippen LogP contribution in [0, 0.1) is 0 Å². The van der Waals surface area contributed by atoms with Crippen LogP contribution in [0.15, 0.2) is 60.7 Å². The second-order valence-electron chi connectivity index (χ2n) is 15.3. The molecule has 2 aromatic rings. The Morgan fingerprint density at radius 2 is 1.02 bits per heavy atom. The van der Waals surface area contributed by atoms with E-state index in [1.54, 1.807) is 60.7 Å². The Balaban J connectivity index is 2.41. The Bertz CT molecular complexity index is 1820. The summed E-state index contributed by atoms with van der Waals surface area (Å²) in [5.41, 5.74) is 24.9. The largest absolute Gasteiger partial charge is 0.480 e. The highest BCUT2D eigenvalue weighted by Gasteiger charge is 2.34. The Labute approximate surface area is 370 Å². The number of carboxylic acid groups (broad SMARTS) is 1. The van der Waals surface area contributed by atoms with Crippen molar-refractivity contribution in [2.24, 2.45) is 17.2 Å². The van der Waals surface area contributed by atoms with Crippen LogP contribution in [0.2, 0.25) is 0 Å². The Morgan fingerprint density at radius 1 is 0.609 bits per heavy atom. The van der Waals surface area contributed by atoms with E-state index < -0.39 is 115 Å². The number of nitrogens with one attached hydrogen (secondary N) is 7. The number of amides is 7. The number of benzene rings is 2. The lowest BCUT2D eigenvalue weighted by atomic mass is 10.0. The number of rotatable bonds is 30. The molecule has 23 nitrogen and oxygen atoms in total. The number of quaternary nitrogens is 2. The minimum Gasteiger partial charge on any atom is -0.480 e. The lowest BCUT2D eigenvalue weighted by Gasteiger charge is -2.27. The molecule has 22 N–H and O–H groups in total. The van der Waals surface area contributed by atoms with Crippen LogP contribution >= 0.6 is 0 Å². The lowest BCUT2D eigenvalue weighted by molar-refractivity contribution is -0.419. The molecule has 0 saturated heterocycles. The summed E-state index contributed by atoms with van der Waals surface area (Å²) in [6.45, 7) is 1.17. The second kappa shape index (κ2) is 28.6. The van der Waals surface area contributed by atoms with Gasteiger partial charge in [0.1, 0.15) is 48.6 Å². The summed E-state index contributed by atoms with van der Waals surface area (Å²) in [7, 11) is 0. The first-order valence-electron chi connectivity index (χ1n) is 20.9. The number of unbranched alkanes of at least 4 members (excludes halogenated alkanes) is 1. The summed E-state index contributed by atoms with van der Waals surface area (Å²) in [5, 5.41) is 47.5. The van der Waals surface area contributed by atoms with Gasteiger partial charge in [-0.2, -0.15) is 0 Å². The summed E-state index contributed by atoms with van der Waals surface area (Å²) >= 11 is 0. The van der Waals surface area contributed by atoms with Crippen LogP contribution in [-0.4, -0.2) is 137 Å². The van der Waals surface area contributed by atoms with Crippen LogP contribution in [0.25, 0.3) is 0 Å². The van der Waals surface area contributed by atoms with E-state index in [1.807, 2.05) is 0 Å². The van der Waals surface area contributed by atoms with Gasteiger partial charge in [0.05, 0.1) is 19.6 Å². The van der Waals surface area contributed by atoms with Gasteiger partial charge in [0.15, 0.2) is 6.04 Å². The lowest BCUT2D eigenvalue weighted by Crippen LogP contribution is -2.73. The molecule has 0 heterocycles. The minimum atomic E-state index is -1.70. The predicted molar refractivity (Wildman–Crippen MR) is 230 cm³/mol. The number of aliphatic hydroxyl groups is 2. The Kier molecular flexibility index (Phi) is 24.1. The monoisotopic (exact) mass is 902 g/mol. The summed E-state index contributed by atoms with van der Waals surface area (Å²) in [6, 6.07) is 7.20. The number of nitrogens with two attached hydrogens (primary N) is 3. The van der Waals surface area contributed by atoms with Gasteiger partial charge in [0, 0.05) is 12.8 Å². The van der Waals surface area contributed by atoms with E-state index in [2.05, 4.69) is 48.7 Å². The van der Waals surface area contributed by atoms with Crippen molar-refractivity contribution >= 4 is 47.3 Å². The zero-order valence-corrected chi connectivity index (χ0v) is 36.0. The number of hydrogen-bond acceptors (Lipinski definition) is 13. The molecular formula is C41H66N12O11+2. The first-order chi connectivity index (χ1) is 30.4. The first-order valence-corrected chi connectivity index (χ1v) is 20.9. The van der Waals surface area contributed by atoms with Crippen LogP contribution in [0.3, 0.4) is 0 Å². The average molecular weight is 903 g/mol. The average Bonchev–Trinajstić information content (AvgIpc) is 3.25. The maximum absolute atomic E-state index is 14.2. The molecule has 0 aliphatic heterocycles. The van der Waals surface area contributed by atoms with E-state index in [-0.39, 0.29) is 38.6 Å². The maximum atomic E-state index is 14.2. The van der Waals surface area contributed by atoms with Crippen LogP contribution in [0.5, 0.6) is 0 Å². The number of carbonyl (C=O) groups is 8. The fourth-order valence-electron chi connectivity index (χ4n) is 6.21. The third-order valence-electron chi connectivity index (χ3n) is 9.89. The number of hydrogen-bond donors (Lipinski definition) is 15. The third-order valence-corrected chi connectivity index (χ3v) is 9.89. The van der Waals surface area contributed by atoms with Crippen molar-refractivity contribution in [2.45, 2.75) is 113 Å². The van der Waals surface area contributed by atoms with Crippen molar-refractivity contribution in [1.82, 2.24) is 37.2 Å². The van der Waals surface area contributed by atoms with Crippen molar-refractivity contribution in [3.8, 4) is 0 Å². The minimum absolute atomic E-state index is 0.0198. The van der Waals surface area contributed by atoms with Crippen molar-refractivity contribution in [2.75, 3.05) is 19.7 Å². The number of carbonyl (C=O) groups excluding carboxylic acids is 7. The van der Waals surface area contributed by atoms with Gasteiger partial charge in [0.25, 0.3) is 5.91 Å². The molecule has 2 aromatic carbocycles. The molecule has 0 radical (unpaired) electrons. The van der Waals surface area contributed by atoms with E-state index in [1.165, 1.54) is 6.92 Å². The van der Waals surface area contributed by atoms with Crippen molar-refractivity contribution < 1.29 is 65.1 Å². The summed E-state index contributed by atoms with van der Waals surface area (Å²) < 4.78 is 0. The van der Waals surface area contributed by atoms with Gasteiger partial charge in [-0.25, -0.2) is 4.79 Å². The van der Waals surface area contributed by atoms with E-state index in [4.69, 9.17) is 17.2 Å². The molecule has 0 unspecified atom stereocenters. The topological polar surface area (TPSA) is 415 Å².